The fourth-order valence-corrected chi connectivity index (χ4v) is 0. The van der Waals surface area contributed by atoms with Gasteiger partial charge in [-0.2, -0.15) is 0 Å². The first-order chi connectivity index (χ1) is 0. The van der Waals surface area contributed by atoms with Gasteiger partial charge in [0.1, 0.15) is 0 Å². The first-order valence-electron chi connectivity index (χ1n) is 0. The Kier molecular flexibility index (Phi) is 539. The van der Waals surface area contributed by atoms with Crippen molar-refractivity contribution in [3.8, 4) is 0 Å². The van der Waals surface area contributed by atoms with Gasteiger partial charge >= 0.3 is 124 Å². The van der Waals surface area contributed by atoms with Gasteiger partial charge in [-0.05, 0) is 0 Å². The van der Waals surface area contributed by atoms with Gasteiger partial charge in [0.15, 0.2) is 0 Å². The van der Waals surface area contributed by atoms with Crippen LogP contribution >= 0.6 is 0 Å². The van der Waals surface area contributed by atoms with E-state index in [1.165, 1.54) is 0 Å². The zero-order chi connectivity index (χ0) is 0. The normalized spacial score (nSPS) is 0. The Morgan fingerprint density at radius 1 is 0.429 bits per heavy atom. The summed E-state index contributed by atoms with van der Waals surface area (Å²) in [4.78, 5) is 0. The largest absolute Gasteiger partial charge is 6.00 e. The van der Waals surface area contributed by atoms with Crippen molar-refractivity contribution in [2.24, 2.45) is 0 Å². The molecular weight excluding hydrogens is 238 g/mol. The summed E-state index contributed by atoms with van der Waals surface area (Å²) < 4.78 is 0. The Balaban J connectivity index is 0. The Morgan fingerprint density at radius 3 is 0.429 bits per heavy atom. The fraction of sp³-hybridized carbons (Fsp3) is 0. The van der Waals surface area contributed by atoms with Crippen LogP contribution in [0.15, 0.2) is 0 Å². The minimum Gasteiger partial charge on any atom is -2.00 e. The van der Waals surface area contributed by atoms with E-state index in [0.29, 0.717) is 0 Å². The van der Waals surface area contributed by atoms with Gasteiger partial charge < -0.3 is 21.9 Å². The van der Waals surface area contributed by atoms with Crippen LogP contribution in [0.5, 0.6) is 0 Å². The monoisotopic (exact) mass is 240 g/mol. The van der Waals surface area contributed by atoms with E-state index in [4.69, 9.17) is 0 Å². The molecule has 0 amide bonds. The van der Waals surface area contributed by atoms with Crippen molar-refractivity contribution in [3.63, 3.8) is 0 Å². The molecule has 0 saturated heterocycles. The maximum Gasteiger partial charge on any atom is 6.00 e. The number of hydrogen-bond donors (Lipinski definition) is 0. The molecule has 0 bridgehead atoms. The van der Waals surface area contributed by atoms with Crippen molar-refractivity contribution in [1.29, 1.82) is 0 Å². The molecule has 0 spiro atoms. The molecule has 0 aliphatic heterocycles. The summed E-state index contributed by atoms with van der Waals surface area (Å²) in [6.07, 6.45) is 0. The van der Waals surface area contributed by atoms with Gasteiger partial charge in [0.2, 0.25) is 0 Å². The molecule has 32 valence electrons. The molecule has 0 N–H and O–H groups in total. The number of hydrogen-bond acceptors (Lipinski definition) is 0. The van der Waals surface area contributed by atoms with E-state index in [1.807, 2.05) is 0 Å². The zero-order valence-corrected chi connectivity index (χ0v) is 12.3. The minimum absolute atomic E-state index is 0. The molecule has 0 aliphatic carbocycles. The van der Waals surface area contributed by atoms with Gasteiger partial charge in [0.05, 0.1) is 0 Å². The average molecular weight is 238 g/mol. The van der Waals surface area contributed by atoms with Crippen molar-refractivity contribution in [2.75, 3.05) is 0 Å². The molecule has 7 heavy (non-hydrogen) atoms. The van der Waals surface area contributed by atoms with Gasteiger partial charge in [0.25, 0.3) is 0 Å². The third-order valence-electron chi connectivity index (χ3n) is 0. The number of rotatable bonds is 0. The van der Waals surface area contributed by atoms with E-state index in [-0.39, 0.29) is 146 Å². The summed E-state index contributed by atoms with van der Waals surface area (Å²) in [6, 6.07) is 0. The van der Waals surface area contributed by atoms with E-state index in [2.05, 4.69) is 0 Å². The van der Waals surface area contributed by atoms with Gasteiger partial charge in [0, 0.05) is 0 Å². The summed E-state index contributed by atoms with van der Waals surface area (Å²) in [7, 11) is 0. The van der Waals surface area contributed by atoms with E-state index in [0.717, 1.165) is 0 Å². The van der Waals surface area contributed by atoms with Gasteiger partial charge in [-0.15, -0.1) is 0 Å². The molecule has 0 aromatic rings. The Labute approximate surface area is 142 Å². The standard InChI is InChI=1S/2K.Mo.4O/q2*+1;+6;4*-2. The predicted molar refractivity (Wildman–Crippen MR) is 2.75 cm³/mol. The van der Waals surface area contributed by atoms with Crippen LogP contribution in [0.1, 0.15) is 0 Å². The quantitative estimate of drug-likeness (QED) is 0.373. The van der Waals surface area contributed by atoms with E-state index in [9.17, 15) is 0 Å². The summed E-state index contributed by atoms with van der Waals surface area (Å²) in [6.45, 7) is 0. The molecule has 0 radical (unpaired) electrons. The maximum atomic E-state index is 0. The molecule has 7 heteroatoms. The summed E-state index contributed by atoms with van der Waals surface area (Å²) in [5.74, 6) is 0. The van der Waals surface area contributed by atoms with Crippen molar-refractivity contribution in [1.82, 2.24) is 0 Å². The molecular formula is K2MoO4. The fourth-order valence-electron chi connectivity index (χ4n) is 0. The van der Waals surface area contributed by atoms with Crippen LogP contribution < -0.4 is 103 Å². The van der Waals surface area contributed by atoms with Crippen LogP contribution in [-0.2, 0) is 43.0 Å². The van der Waals surface area contributed by atoms with Gasteiger partial charge in [-0.1, -0.05) is 0 Å². The molecule has 0 unspecified atom stereocenters. The van der Waals surface area contributed by atoms with E-state index >= 15 is 0 Å². The van der Waals surface area contributed by atoms with E-state index in [1.54, 1.807) is 0 Å². The minimum atomic E-state index is 0. The molecule has 0 rings (SSSR count). The first kappa shape index (κ1) is 71.8. The van der Waals surface area contributed by atoms with E-state index < -0.39 is 0 Å². The SMILES string of the molecule is [K+].[K+].[Mo+6].[O-2].[O-2].[O-2].[O-2]. The predicted octanol–water partition coefficient (Wildman–Crippen LogP) is -6.47. The van der Waals surface area contributed by atoms with Crippen molar-refractivity contribution >= 4 is 0 Å². The summed E-state index contributed by atoms with van der Waals surface area (Å²) >= 11 is 0. The van der Waals surface area contributed by atoms with Crippen LogP contribution in [0.2, 0.25) is 0 Å². The third-order valence-corrected chi connectivity index (χ3v) is 0. The van der Waals surface area contributed by atoms with Gasteiger partial charge in [-0.25, -0.2) is 0 Å². The molecule has 0 fully saturated rings. The molecule has 0 heterocycles. The Morgan fingerprint density at radius 2 is 0.429 bits per heavy atom. The van der Waals surface area contributed by atoms with Gasteiger partial charge in [-0.3, -0.25) is 0 Å². The average Bonchev–Trinajstić information content (AvgIpc) is 0. The molecule has 0 aliphatic rings. The molecule has 0 aromatic heterocycles. The first-order valence-corrected chi connectivity index (χ1v) is 0. The second-order valence-electron chi connectivity index (χ2n) is 0. The Bertz CT molecular complexity index is 9.65. The van der Waals surface area contributed by atoms with Crippen molar-refractivity contribution in [2.45, 2.75) is 0 Å². The zero-order valence-electron chi connectivity index (χ0n) is 4.04. The second-order valence-corrected chi connectivity index (χ2v) is 0. The summed E-state index contributed by atoms with van der Waals surface area (Å²) in [5.41, 5.74) is 0. The molecule has 0 aromatic carbocycles. The van der Waals surface area contributed by atoms with Crippen LogP contribution in [-0.4, -0.2) is 0 Å². The van der Waals surface area contributed by atoms with Crippen LogP contribution in [0.3, 0.4) is 0 Å². The van der Waals surface area contributed by atoms with Crippen LogP contribution in [0.4, 0.5) is 0 Å². The smallest absolute Gasteiger partial charge is 2.00 e. The molecule has 0 saturated carbocycles. The molecule has 0 atom stereocenters. The van der Waals surface area contributed by atoms with Crippen molar-refractivity contribution < 1.29 is 146 Å². The van der Waals surface area contributed by atoms with Crippen molar-refractivity contribution in [3.05, 3.63) is 0 Å². The van der Waals surface area contributed by atoms with Crippen LogP contribution in [0, 0.1) is 0 Å². The Hall–Kier alpha value is 3.80. The van der Waals surface area contributed by atoms with Crippen LogP contribution in [0.25, 0.3) is 0 Å². The molecule has 4 nitrogen and oxygen atoms in total. The summed E-state index contributed by atoms with van der Waals surface area (Å²) in [5, 5.41) is 0. The maximum absolute atomic E-state index is 0. The third kappa shape index (κ3) is 41.3. The second kappa shape index (κ2) is 52.5. The topological polar surface area (TPSA) is 114 Å².